The van der Waals surface area contributed by atoms with Gasteiger partial charge in [-0.1, -0.05) is 192 Å². The minimum atomic E-state index is -0.111. The van der Waals surface area contributed by atoms with Gasteiger partial charge in [0.25, 0.3) is 0 Å². The van der Waals surface area contributed by atoms with E-state index in [1.165, 1.54) is 167 Å². The van der Waals surface area contributed by atoms with Crippen LogP contribution < -0.4 is 5.32 Å². The predicted molar refractivity (Wildman–Crippen MR) is 279 cm³/mol. The Bertz CT molecular complexity index is 1320. The molecular formula is C59H104NO6+. The molecule has 1 saturated carbocycles. The summed E-state index contributed by atoms with van der Waals surface area (Å²) in [5.74, 6) is 3.02. The molecule has 1 aromatic carbocycles. The van der Waals surface area contributed by atoms with Crippen molar-refractivity contribution in [3.8, 4) is 0 Å². The van der Waals surface area contributed by atoms with Gasteiger partial charge in [-0.3, -0.25) is 9.59 Å². The second-order valence-electron chi connectivity index (χ2n) is 20.3. The summed E-state index contributed by atoms with van der Waals surface area (Å²) in [6.07, 6.45) is 44.6. The number of ether oxygens (including phenoxy) is 3. The summed E-state index contributed by atoms with van der Waals surface area (Å²) in [5.41, 5.74) is 1.03. The average molecular weight is 923 g/mol. The van der Waals surface area contributed by atoms with E-state index in [0.29, 0.717) is 57.0 Å². The summed E-state index contributed by atoms with van der Waals surface area (Å²) < 4.78 is 17.1. The molecule has 5 unspecified atom stereocenters. The largest absolute Gasteiger partial charge is 0.482 e. The number of nitrogens with one attached hydrogen (secondary N) is 1. The second kappa shape index (κ2) is 42.4. The van der Waals surface area contributed by atoms with Gasteiger partial charge < -0.3 is 24.3 Å². The summed E-state index contributed by atoms with van der Waals surface area (Å²) in [6.45, 7) is 11.6. The fraction of sp³-hybridized carbons (Fsp3) is 0.814. The van der Waals surface area contributed by atoms with E-state index in [-0.39, 0.29) is 17.9 Å². The highest BCUT2D eigenvalue weighted by Gasteiger charge is 2.35. The molecular weight excluding hydrogens is 819 g/mol. The van der Waals surface area contributed by atoms with E-state index < -0.39 is 0 Å². The van der Waals surface area contributed by atoms with Crippen LogP contribution in [-0.4, -0.2) is 48.5 Å². The van der Waals surface area contributed by atoms with Crippen LogP contribution in [0.4, 0.5) is 0 Å². The number of carbonyl (C=O) groups excluding carboxylic acids is 3. The number of carbonyl (C=O) groups is 2. The van der Waals surface area contributed by atoms with E-state index in [1.54, 1.807) is 0 Å². The minimum absolute atomic E-state index is 0.0491. The zero-order valence-electron chi connectivity index (χ0n) is 43.5. The van der Waals surface area contributed by atoms with Crippen molar-refractivity contribution in [2.75, 3.05) is 19.8 Å². The molecule has 66 heavy (non-hydrogen) atoms. The van der Waals surface area contributed by atoms with Crippen LogP contribution in [0.15, 0.2) is 42.5 Å². The molecule has 7 nitrogen and oxygen atoms in total. The lowest BCUT2D eigenvalue weighted by Gasteiger charge is -2.19. The van der Waals surface area contributed by atoms with Gasteiger partial charge in [0, 0.05) is 24.8 Å². The third-order valence-electron chi connectivity index (χ3n) is 14.1. The van der Waals surface area contributed by atoms with Crippen molar-refractivity contribution < 1.29 is 28.6 Å². The first kappa shape index (κ1) is 59.5. The average Bonchev–Trinajstić information content (AvgIpc) is 4.09. The molecule has 0 spiro atoms. The maximum atomic E-state index is 12.5. The molecule has 1 fully saturated rings. The van der Waals surface area contributed by atoms with Crippen LogP contribution in [0, 0.1) is 23.7 Å². The molecule has 0 bridgehead atoms. The number of rotatable bonds is 47. The van der Waals surface area contributed by atoms with Gasteiger partial charge in [0.05, 0.1) is 6.61 Å². The summed E-state index contributed by atoms with van der Waals surface area (Å²) >= 11 is 0. The molecule has 2 N–H and O–H groups in total. The zero-order chi connectivity index (χ0) is 47.6. The van der Waals surface area contributed by atoms with Gasteiger partial charge in [-0.25, -0.2) is 0 Å². The SMILES string of the molecule is CCCCCCC(CCCC)COC(=O)CC/C=C/CCCCC(CCCCC1CC1CCCCCC(=[OH+])OCC(CCCC)CCCCCC)NCCCCC(=O)OCc1ccccc1. The van der Waals surface area contributed by atoms with Crippen LogP contribution in [0.5, 0.6) is 0 Å². The van der Waals surface area contributed by atoms with Gasteiger partial charge in [-0.05, 0) is 113 Å². The maximum absolute atomic E-state index is 12.5. The highest BCUT2D eigenvalue weighted by molar-refractivity contribution is 5.70. The van der Waals surface area contributed by atoms with Gasteiger partial charge in [0.2, 0.25) is 0 Å². The van der Waals surface area contributed by atoms with Crippen molar-refractivity contribution in [2.24, 2.45) is 23.7 Å². The molecule has 380 valence electrons. The number of hydrogen-bond acceptors (Lipinski definition) is 6. The van der Waals surface area contributed by atoms with Crippen molar-refractivity contribution >= 4 is 17.9 Å². The van der Waals surface area contributed by atoms with E-state index in [0.717, 1.165) is 62.5 Å². The fourth-order valence-corrected chi connectivity index (χ4v) is 9.52. The predicted octanol–water partition coefficient (Wildman–Crippen LogP) is 16.5. The Morgan fingerprint density at radius 1 is 0.561 bits per heavy atom. The van der Waals surface area contributed by atoms with Crippen LogP contribution in [-0.2, 0) is 30.4 Å². The Kier molecular flexibility index (Phi) is 38.2. The highest BCUT2D eigenvalue weighted by Crippen LogP contribution is 2.45. The van der Waals surface area contributed by atoms with E-state index in [9.17, 15) is 14.4 Å². The molecule has 1 aliphatic rings. The Labute approximate surface area is 406 Å². The number of esters is 3. The first-order valence-corrected chi connectivity index (χ1v) is 28.3. The lowest BCUT2D eigenvalue weighted by Crippen LogP contribution is -2.30. The first-order chi connectivity index (χ1) is 32.4. The Hall–Kier alpha value is -2.67. The normalized spacial score (nSPS) is 16.0. The second-order valence-corrected chi connectivity index (χ2v) is 20.3. The Balaban J connectivity index is 1.63. The number of benzene rings is 1. The molecule has 0 amide bonds. The van der Waals surface area contributed by atoms with Gasteiger partial charge in [-0.15, -0.1) is 0 Å². The topological polar surface area (TPSA) is 95.3 Å². The van der Waals surface area contributed by atoms with Crippen molar-refractivity contribution in [1.29, 1.82) is 0 Å². The molecule has 7 heteroatoms. The molecule has 0 aliphatic heterocycles. The van der Waals surface area contributed by atoms with E-state index in [1.807, 2.05) is 30.3 Å². The summed E-state index contributed by atoms with van der Waals surface area (Å²) in [4.78, 5) is 35.3. The molecule has 1 aromatic rings. The van der Waals surface area contributed by atoms with Crippen LogP contribution in [0.2, 0.25) is 0 Å². The highest BCUT2D eigenvalue weighted by atomic mass is 16.5. The molecule has 2 rings (SSSR count). The molecule has 0 radical (unpaired) electrons. The van der Waals surface area contributed by atoms with Gasteiger partial charge in [0.15, 0.2) is 6.61 Å². The molecule has 0 heterocycles. The van der Waals surface area contributed by atoms with E-state index in [2.05, 4.69) is 45.2 Å². The lowest BCUT2D eigenvalue weighted by atomic mass is 9.96. The third kappa shape index (κ3) is 34.6. The standard InChI is InChI=1S/C59H103NO6/c1-5-9-13-21-35-51(33-11-7-3)48-64-57(61)43-27-18-16-15-17-26-41-56(60-46-32-31-45-59(63)66-50-53-37-23-19-24-38-53)42-30-29-40-55-47-54(55)39-25-20-28-44-58(62)65-49-52(34-12-8-4)36-22-14-10-6-2/h16,18-19,23-24,37-38,51-52,54-56,60H,5-15,17,20-22,25-36,39-50H2,1-4H3/p+1/b18-16+. The Morgan fingerprint density at radius 2 is 1.09 bits per heavy atom. The van der Waals surface area contributed by atoms with Crippen molar-refractivity contribution in [3.05, 3.63) is 48.0 Å². The van der Waals surface area contributed by atoms with Crippen LogP contribution >= 0.6 is 0 Å². The number of allylic oxidation sites excluding steroid dienone is 2. The smallest absolute Gasteiger partial charge is 0.465 e. The van der Waals surface area contributed by atoms with Gasteiger partial charge in [0.1, 0.15) is 13.0 Å². The van der Waals surface area contributed by atoms with Crippen LogP contribution in [0.25, 0.3) is 0 Å². The summed E-state index contributed by atoms with van der Waals surface area (Å²) in [5, 5.41) is 3.87. The molecule has 0 saturated heterocycles. The molecule has 1 aliphatic carbocycles. The Morgan fingerprint density at radius 3 is 1.74 bits per heavy atom. The lowest BCUT2D eigenvalue weighted by molar-refractivity contribution is -0.146. The minimum Gasteiger partial charge on any atom is -0.465 e. The number of hydrogen-bond donors (Lipinski definition) is 1. The van der Waals surface area contributed by atoms with E-state index >= 15 is 0 Å². The fourth-order valence-electron chi connectivity index (χ4n) is 9.52. The maximum Gasteiger partial charge on any atom is 0.482 e. The van der Waals surface area contributed by atoms with Crippen molar-refractivity contribution in [3.63, 3.8) is 0 Å². The van der Waals surface area contributed by atoms with Gasteiger partial charge in [-0.2, -0.15) is 0 Å². The third-order valence-corrected chi connectivity index (χ3v) is 14.1. The van der Waals surface area contributed by atoms with Gasteiger partial charge >= 0.3 is 17.9 Å². The van der Waals surface area contributed by atoms with Crippen molar-refractivity contribution in [1.82, 2.24) is 5.32 Å². The first-order valence-electron chi connectivity index (χ1n) is 28.3. The zero-order valence-corrected chi connectivity index (χ0v) is 43.5. The monoisotopic (exact) mass is 923 g/mol. The summed E-state index contributed by atoms with van der Waals surface area (Å²) in [6, 6.07) is 10.4. The number of unbranched alkanes of at least 4 members (excludes halogenated alkanes) is 14. The van der Waals surface area contributed by atoms with Crippen LogP contribution in [0.1, 0.15) is 258 Å². The quantitative estimate of drug-likeness (QED) is 0.0230. The van der Waals surface area contributed by atoms with Crippen molar-refractivity contribution in [2.45, 2.75) is 265 Å². The molecule has 0 aromatic heterocycles. The summed E-state index contributed by atoms with van der Waals surface area (Å²) in [7, 11) is 0. The molecule has 5 atom stereocenters. The van der Waals surface area contributed by atoms with Crippen LogP contribution in [0.3, 0.4) is 0 Å². The van der Waals surface area contributed by atoms with E-state index in [4.69, 9.17) is 14.2 Å².